The maximum Gasteiger partial charge on any atom is 0.303 e. The van der Waals surface area contributed by atoms with E-state index in [1.165, 1.54) is 12.1 Å². The Labute approximate surface area is 166 Å². The SMILES string of the molecule is CC(=O)O[C@@H]1[C@@H](NC(=O)c2ccccc2)[C@@H](O)O[C@H](CS(=O)(=O)O)[C@H]1OC(C)=O. The Morgan fingerprint density at radius 2 is 1.62 bits per heavy atom. The van der Waals surface area contributed by atoms with E-state index in [1.807, 2.05) is 0 Å². The quantitative estimate of drug-likeness (QED) is 0.385. The second kappa shape index (κ2) is 9.31. The number of aliphatic hydroxyl groups excluding tert-OH is 1. The highest BCUT2D eigenvalue weighted by molar-refractivity contribution is 7.85. The zero-order chi connectivity index (χ0) is 21.8. The van der Waals surface area contributed by atoms with Crippen molar-refractivity contribution in [1.29, 1.82) is 0 Å². The summed E-state index contributed by atoms with van der Waals surface area (Å²) in [4.78, 5) is 35.6. The lowest BCUT2D eigenvalue weighted by Gasteiger charge is -2.43. The van der Waals surface area contributed by atoms with Crippen LogP contribution in [0.15, 0.2) is 30.3 Å². The van der Waals surface area contributed by atoms with Gasteiger partial charge >= 0.3 is 11.9 Å². The summed E-state index contributed by atoms with van der Waals surface area (Å²) < 4.78 is 47.0. The van der Waals surface area contributed by atoms with E-state index in [0.29, 0.717) is 0 Å². The molecule has 0 unspecified atom stereocenters. The first-order chi connectivity index (χ1) is 13.5. The predicted molar refractivity (Wildman–Crippen MR) is 96.1 cm³/mol. The Kier molecular flexibility index (Phi) is 7.30. The largest absolute Gasteiger partial charge is 0.456 e. The van der Waals surface area contributed by atoms with Crippen LogP contribution in [0.2, 0.25) is 0 Å². The molecule has 3 N–H and O–H groups in total. The molecule has 11 nitrogen and oxygen atoms in total. The minimum atomic E-state index is -4.61. The summed E-state index contributed by atoms with van der Waals surface area (Å²) in [6.45, 7) is 2.07. The van der Waals surface area contributed by atoms with Gasteiger partial charge in [-0.3, -0.25) is 18.9 Å². The molecule has 1 aromatic rings. The molecule has 0 aliphatic carbocycles. The Balaban J connectivity index is 2.36. The number of esters is 2. The van der Waals surface area contributed by atoms with E-state index in [9.17, 15) is 27.9 Å². The fraction of sp³-hybridized carbons (Fsp3) is 0.471. The third-order valence-corrected chi connectivity index (χ3v) is 4.73. The van der Waals surface area contributed by atoms with Crippen molar-refractivity contribution < 1.29 is 46.7 Å². The smallest absolute Gasteiger partial charge is 0.303 e. The summed E-state index contributed by atoms with van der Waals surface area (Å²) in [6, 6.07) is 6.50. The van der Waals surface area contributed by atoms with Gasteiger partial charge < -0.3 is 24.6 Å². The lowest BCUT2D eigenvalue weighted by atomic mass is 9.96. The number of benzene rings is 1. The number of hydrogen-bond acceptors (Lipinski definition) is 9. The van der Waals surface area contributed by atoms with Crippen LogP contribution in [0.3, 0.4) is 0 Å². The van der Waals surface area contributed by atoms with Crippen LogP contribution in [0.4, 0.5) is 0 Å². The Morgan fingerprint density at radius 1 is 1.07 bits per heavy atom. The first kappa shape index (κ1) is 22.7. The van der Waals surface area contributed by atoms with Crippen molar-refractivity contribution in [3.05, 3.63) is 35.9 Å². The standard InChI is InChI=1S/C17H21NO10S/c1-9(19)26-14-12(8-29(23,24)25)28-17(22)13(15(14)27-10(2)20)18-16(21)11-6-4-3-5-7-11/h3-7,12-15,17,22H,8H2,1-2H3,(H,18,21)(H,23,24,25)/t12-,13-,14-,15-,17+/m1/s1. The van der Waals surface area contributed by atoms with Crippen molar-refractivity contribution in [3.63, 3.8) is 0 Å². The molecule has 1 aliphatic rings. The molecule has 5 atom stereocenters. The summed E-state index contributed by atoms with van der Waals surface area (Å²) in [5, 5.41) is 12.8. The average Bonchev–Trinajstić information content (AvgIpc) is 2.60. The van der Waals surface area contributed by atoms with E-state index in [1.54, 1.807) is 18.2 Å². The Bertz CT molecular complexity index is 856. The van der Waals surface area contributed by atoms with Crippen LogP contribution >= 0.6 is 0 Å². The minimum Gasteiger partial charge on any atom is -0.456 e. The van der Waals surface area contributed by atoms with Gasteiger partial charge in [0.25, 0.3) is 16.0 Å². The van der Waals surface area contributed by atoms with Gasteiger partial charge in [-0.1, -0.05) is 18.2 Å². The molecule has 2 rings (SSSR count). The molecule has 1 heterocycles. The lowest BCUT2D eigenvalue weighted by molar-refractivity contribution is -0.252. The van der Waals surface area contributed by atoms with E-state index in [0.717, 1.165) is 13.8 Å². The maximum atomic E-state index is 12.5. The number of aliphatic hydroxyl groups is 1. The zero-order valence-corrected chi connectivity index (χ0v) is 16.4. The second-order valence-electron chi connectivity index (χ2n) is 6.33. The van der Waals surface area contributed by atoms with E-state index < -0.39 is 64.4 Å². The Morgan fingerprint density at radius 3 is 2.14 bits per heavy atom. The number of carbonyl (C=O) groups is 3. The summed E-state index contributed by atoms with van der Waals surface area (Å²) >= 11 is 0. The predicted octanol–water partition coefficient (Wildman–Crippen LogP) is -0.747. The molecule has 1 amide bonds. The number of carbonyl (C=O) groups excluding carboxylic acids is 3. The van der Waals surface area contributed by atoms with E-state index >= 15 is 0 Å². The number of rotatable bonds is 6. The van der Waals surface area contributed by atoms with Gasteiger partial charge in [0.2, 0.25) is 0 Å². The monoisotopic (exact) mass is 431 g/mol. The zero-order valence-electron chi connectivity index (χ0n) is 15.5. The normalized spacial score (nSPS) is 27.0. The van der Waals surface area contributed by atoms with Gasteiger partial charge in [0.1, 0.15) is 17.9 Å². The molecule has 12 heteroatoms. The highest BCUT2D eigenvalue weighted by Gasteiger charge is 2.51. The van der Waals surface area contributed by atoms with Gasteiger partial charge in [-0.2, -0.15) is 8.42 Å². The molecule has 1 fully saturated rings. The molecule has 1 aliphatic heterocycles. The average molecular weight is 431 g/mol. The van der Waals surface area contributed by atoms with Crippen molar-refractivity contribution in [3.8, 4) is 0 Å². The van der Waals surface area contributed by atoms with Crippen LogP contribution in [-0.2, 0) is 33.9 Å². The van der Waals surface area contributed by atoms with E-state index in [-0.39, 0.29) is 5.56 Å². The van der Waals surface area contributed by atoms with Crippen LogP contribution in [0.25, 0.3) is 0 Å². The highest BCUT2D eigenvalue weighted by atomic mass is 32.2. The topological polar surface area (TPSA) is 166 Å². The van der Waals surface area contributed by atoms with Crippen LogP contribution in [-0.4, -0.2) is 72.3 Å². The van der Waals surface area contributed by atoms with Crippen LogP contribution in [0.5, 0.6) is 0 Å². The van der Waals surface area contributed by atoms with E-state index in [4.69, 9.17) is 18.8 Å². The van der Waals surface area contributed by atoms with Gasteiger partial charge in [-0.25, -0.2) is 0 Å². The molecule has 0 saturated carbocycles. The first-order valence-electron chi connectivity index (χ1n) is 8.47. The van der Waals surface area contributed by atoms with E-state index in [2.05, 4.69) is 5.32 Å². The third kappa shape index (κ3) is 6.49. The van der Waals surface area contributed by atoms with Crippen molar-refractivity contribution >= 4 is 28.0 Å². The Hall–Kier alpha value is -2.54. The molecule has 160 valence electrons. The van der Waals surface area contributed by atoms with Gasteiger partial charge in [-0.15, -0.1) is 0 Å². The van der Waals surface area contributed by atoms with Gasteiger partial charge in [0, 0.05) is 19.4 Å². The van der Waals surface area contributed by atoms with Crippen molar-refractivity contribution in [2.24, 2.45) is 0 Å². The first-order valence-corrected chi connectivity index (χ1v) is 10.1. The number of amides is 1. The molecule has 0 aromatic heterocycles. The molecular formula is C17H21NO10S. The van der Waals surface area contributed by atoms with Crippen LogP contribution in [0.1, 0.15) is 24.2 Å². The fourth-order valence-electron chi connectivity index (χ4n) is 2.91. The fourth-order valence-corrected chi connectivity index (χ4v) is 3.59. The lowest BCUT2D eigenvalue weighted by Crippen LogP contribution is -2.66. The summed E-state index contributed by atoms with van der Waals surface area (Å²) in [5.41, 5.74) is 0.227. The third-order valence-electron chi connectivity index (χ3n) is 3.98. The molecule has 1 aromatic carbocycles. The number of hydrogen-bond donors (Lipinski definition) is 3. The van der Waals surface area contributed by atoms with Gasteiger partial charge in [0.15, 0.2) is 18.5 Å². The maximum absolute atomic E-state index is 12.5. The molecule has 0 bridgehead atoms. The molecule has 0 radical (unpaired) electrons. The highest BCUT2D eigenvalue weighted by Crippen LogP contribution is 2.27. The molecule has 1 saturated heterocycles. The molecular weight excluding hydrogens is 410 g/mol. The number of ether oxygens (including phenoxy) is 3. The summed E-state index contributed by atoms with van der Waals surface area (Å²) in [5.74, 6) is -3.39. The van der Waals surface area contributed by atoms with Crippen LogP contribution < -0.4 is 5.32 Å². The minimum absolute atomic E-state index is 0.227. The van der Waals surface area contributed by atoms with Crippen molar-refractivity contribution in [2.75, 3.05) is 5.75 Å². The van der Waals surface area contributed by atoms with Gasteiger partial charge in [-0.05, 0) is 12.1 Å². The van der Waals surface area contributed by atoms with Crippen molar-refractivity contribution in [2.45, 2.75) is 44.5 Å². The molecule has 29 heavy (non-hydrogen) atoms. The molecule has 0 spiro atoms. The second-order valence-corrected chi connectivity index (χ2v) is 7.82. The van der Waals surface area contributed by atoms with Crippen molar-refractivity contribution in [1.82, 2.24) is 5.32 Å². The van der Waals surface area contributed by atoms with Crippen LogP contribution in [0, 0.1) is 0 Å². The number of nitrogens with one attached hydrogen (secondary N) is 1. The summed E-state index contributed by atoms with van der Waals surface area (Å²) in [6.07, 6.45) is -6.40. The van der Waals surface area contributed by atoms with Gasteiger partial charge in [0.05, 0.1) is 0 Å². The summed E-state index contributed by atoms with van der Waals surface area (Å²) in [7, 11) is -4.61.